The van der Waals surface area contributed by atoms with Crippen LogP contribution in [0.25, 0.3) is 0 Å². The van der Waals surface area contributed by atoms with Crippen molar-refractivity contribution in [2.75, 3.05) is 19.6 Å². The van der Waals surface area contributed by atoms with Gasteiger partial charge in [0.1, 0.15) is 0 Å². The van der Waals surface area contributed by atoms with Crippen molar-refractivity contribution < 1.29 is 22.7 Å². The van der Waals surface area contributed by atoms with E-state index in [0.29, 0.717) is 19.6 Å². The fraction of sp³-hybridized carbons (Fsp3) is 0.565. The third-order valence-electron chi connectivity index (χ3n) is 5.81. The van der Waals surface area contributed by atoms with E-state index in [9.17, 15) is 18.0 Å². The first kappa shape index (κ1) is 23.5. The molecule has 1 aromatic carbocycles. The highest BCUT2D eigenvalue weighted by molar-refractivity contribution is 7.89. The number of rotatable bonds is 8. The van der Waals surface area contributed by atoms with Gasteiger partial charge in [0.05, 0.1) is 10.5 Å². The number of carbonyl (C=O) groups is 2. The second-order valence-corrected chi connectivity index (χ2v) is 10.1. The topological polar surface area (TPSA) is 92.8 Å². The first-order valence-corrected chi connectivity index (χ1v) is 12.6. The van der Waals surface area contributed by atoms with Crippen molar-refractivity contribution in [3.63, 3.8) is 0 Å². The summed E-state index contributed by atoms with van der Waals surface area (Å²) in [5, 5.41) is 2.81. The molecule has 1 aliphatic heterocycles. The Kier molecular flexibility index (Phi) is 8.26. The van der Waals surface area contributed by atoms with Crippen molar-refractivity contribution in [3.05, 3.63) is 41.5 Å². The highest BCUT2D eigenvalue weighted by atomic mass is 32.2. The maximum atomic E-state index is 12.8. The van der Waals surface area contributed by atoms with E-state index in [2.05, 4.69) is 11.4 Å². The minimum Gasteiger partial charge on any atom is -0.449 e. The van der Waals surface area contributed by atoms with Crippen LogP contribution in [0.2, 0.25) is 0 Å². The summed E-state index contributed by atoms with van der Waals surface area (Å²) in [4.78, 5) is 24.9. The highest BCUT2D eigenvalue weighted by Crippen LogP contribution is 2.22. The molecule has 31 heavy (non-hydrogen) atoms. The molecule has 1 aliphatic carbocycles. The molecule has 1 saturated heterocycles. The van der Waals surface area contributed by atoms with Gasteiger partial charge in [0.25, 0.3) is 5.91 Å². The maximum Gasteiger partial charge on any atom is 0.338 e. The van der Waals surface area contributed by atoms with Crippen LogP contribution >= 0.6 is 0 Å². The Hall–Kier alpha value is -2.19. The van der Waals surface area contributed by atoms with Crippen LogP contribution < -0.4 is 5.32 Å². The first-order valence-electron chi connectivity index (χ1n) is 11.1. The number of benzene rings is 1. The number of amides is 1. The number of carbonyl (C=O) groups excluding carboxylic acids is 2. The molecule has 170 valence electrons. The van der Waals surface area contributed by atoms with Gasteiger partial charge in [0, 0.05) is 19.6 Å². The minimum absolute atomic E-state index is 0.0710. The van der Waals surface area contributed by atoms with Crippen LogP contribution in [0.15, 0.2) is 40.8 Å². The monoisotopic (exact) mass is 448 g/mol. The molecule has 1 unspecified atom stereocenters. The van der Waals surface area contributed by atoms with Gasteiger partial charge in [-0.25, -0.2) is 13.2 Å². The summed E-state index contributed by atoms with van der Waals surface area (Å²) in [6.45, 7) is 3.01. The second-order valence-electron chi connectivity index (χ2n) is 8.19. The predicted molar refractivity (Wildman–Crippen MR) is 118 cm³/mol. The summed E-state index contributed by atoms with van der Waals surface area (Å²) in [5.74, 6) is -1.07. The van der Waals surface area contributed by atoms with Crippen molar-refractivity contribution in [1.29, 1.82) is 0 Å². The lowest BCUT2D eigenvalue weighted by molar-refractivity contribution is -0.129. The molecule has 1 atom stereocenters. The zero-order valence-corrected chi connectivity index (χ0v) is 19.0. The Morgan fingerprint density at radius 2 is 1.90 bits per heavy atom. The summed E-state index contributed by atoms with van der Waals surface area (Å²) in [5.41, 5.74) is 1.48. The molecule has 3 rings (SSSR count). The molecular formula is C23H32N2O5S. The summed E-state index contributed by atoms with van der Waals surface area (Å²) >= 11 is 0. The molecule has 0 aromatic heterocycles. The van der Waals surface area contributed by atoms with Gasteiger partial charge in [0.15, 0.2) is 6.10 Å². The van der Waals surface area contributed by atoms with E-state index < -0.39 is 22.1 Å². The van der Waals surface area contributed by atoms with Gasteiger partial charge >= 0.3 is 5.97 Å². The van der Waals surface area contributed by atoms with Gasteiger partial charge in [-0.2, -0.15) is 4.31 Å². The summed E-state index contributed by atoms with van der Waals surface area (Å²) in [6.07, 6.45) is 9.39. The van der Waals surface area contributed by atoms with Crippen LogP contribution in [0.4, 0.5) is 0 Å². The molecule has 8 heteroatoms. The van der Waals surface area contributed by atoms with Crippen molar-refractivity contribution in [2.24, 2.45) is 0 Å². The quantitative estimate of drug-likeness (QED) is 0.486. The SMILES string of the molecule is CC(OC(=O)c1cccc(S(=O)(=O)N2CCCCC2)c1)C(=O)NCCC1=CCCCC1. The smallest absolute Gasteiger partial charge is 0.338 e. The van der Waals surface area contributed by atoms with E-state index in [1.54, 1.807) is 0 Å². The van der Waals surface area contributed by atoms with Crippen LogP contribution in [0, 0.1) is 0 Å². The number of sulfonamides is 1. The number of piperidine rings is 1. The molecule has 1 amide bonds. The molecular weight excluding hydrogens is 416 g/mol. The lowest BCUT2D eigenvalue weighted by atomic mass is 9.97. The number of allylic oxidation sites excluding steroid dienone is 1. The van der Waals surface area contributed by atoms with E-state index >= 15 is 0 Å². The Morgan fingerprint density at radius 1 is 1.13 bits per heavy atom. The molecule has 1 heterocycles. The Balaban J connectivity index is 1.55. The van der Waals surface area contributed by atoms with Gasteiger partial charge in [-0.15, -0.1) is 0 Å². The number of hydrogen-bond acceptors (Lipinski definition) is 5. The normalized spacial score (nSPS) is 18.7. The standard InChI is InChI=1S/C23H32N2O5S/c1-18(22(26)24-14-13-19-9-4-2-5-10-19)30-23(27)20-11-8-12-21(17-20)31(28,29)25-15-6-3-7-16-25/h8-9,11-12,17-18H,2-7,10,13-16H2,1H3,(H,24,26). The average Bonchev–Trinajstić information content (AvgIpc) is 2.80. The zero-order valence-electron chi connectivity index (χ0n) is 18.1. The molecule has 7 nitrogen and oxygen atoms in total. The number of esters is 1. The Bertz CT molecular complexity index is 920. The van der Waals surface area contributed by atoms with Crippen LogP contribution in [-0.2, 0) is 19.6 Å². The lowest BCUT2D eigenvalue weighted by Gasteiger charge is -2.26. The van der Waals surface area contributed by atoms with Crippen LogP contribution in [-0.4, -0.2) is 50.3 Å². The van der Waals surface area contributed by atoms with Gasteiger partial charge in [-0.1, -0.05) is 24.1 Å². The van der Waals surface area contributed by atoms with Gasteiger partial charge in [0.2, 0.25) is 10.0 Å². The number of nitrogens with zero attached hydrogens (tertiary/aromatic N) is 1. The van der Waals surface area contributed by atoms with Gasteiger partial charge in [-0.3, -0.25) is 4.79 Å². The summed E-state index contributed by atoms with van der Waals surface area (Å²) in [6, 6.07) is 5.83. The molecule has 1 fully saturated rings. The fourth-order valence-corrected chi connectivity index (χ4v) is 5.51. The van der Waals surface area contributed by atoms with Crippen LogP contribution in [0.5, 0.6) is 0 Å². The second kappa shape index (κ2) is 10.9. The lowest BCUT2D eigenvalue weighted by Crippen LogP contribution is -2.36. The maximum absolute atomic E-state index is 12.8. The van der Waals surface area contributed by atoms with Gasteiger partial charge in [-0.05, 0) is 70.1 Å². The van der Waals surface area contributed by atoms with Crippen LogP contribution in [0.3, 0.4) is 0 Å². The first-order chi connectivity index (χ1) is 14.9. The molecule has 2 aliphatic rings. The van der Waals surface area contributed by atoms with Crippen molar-refractivity contribution in [1.82, 2.24) is 9.62 Å². The van der Waals surface area contributed by atoms with Gasteiger partial charge < -0.3 is 10.1 Å². The van der Waals surface area contributed by atoms with Crippen molar-refractivity contribution >= 4 is 21.9 Å². The Labute approximate surface area is 184 Å². The molecule has 1 N–H and O–H groups in total. The Morgan fingerprint density at radius 3 is 2.61 bits per heavy atom. The van der Waals surface area contributed by atoms with Crippen molar-refractivity contribution in [2.45, 2.75) is 69.3 Å². The minimum atomic E-state index is -3.64. The summed E-state index contributed by atoms with van der Waals surface area (Å²) in [7, 11) is -3.64. The number of ether oxygens (including phenoxy) is 1. The summed E-state index contributed by atoms with van der Waals surface area (Å²) < 4.78 is 32.4. The molecule has 0 radical (unpaired) electrons. The zero-order chi connectivity index (χ0) is 22.3. The number of hydrogen-bond donors (Lipinski definition) is 1. The third-order valence-corrected chi connectivity index (χ3v) is 7.70. The molecule has 0 saturated carbocycles. The fourth-order valence-electron chi connectivity index (χ4n) is 3.94. The van der Waals surface area contributed by atoms with E-state index in [-0.39, 0.29) is 16.4 Å². The molecule has 0 bridgehead atoms. The number of nitrogens with one attached hydrogen (secondary N) is 1. The molecule has 1 aromatic rings. The van der Waals surface area contributed by atoms with E-state index in [1.165, 1.54) is 53.9 Å². The molecule has 0 spiro atoms. The highest BCUT2D eigenvalue weighted by Gasteiger charge is 2.27. The van der Waals surface area contributed by atoms with Crippen LogP contribution in [0.1, 0.15) is 68.6 Å². The largest absolute Gasteiger partial charge is 0.449 e. The van der Waals surface area contributed by atoms with E-state index in [1.807, 2.05) is 0 Å². The van der Waals surface area contributed by atoms with E-state index in [0.717, 1.165) is 38.5 Å². The third kappa shape index (κ3) is 6.40. The van der Waals surface area contributed by atoms with Crippen molar-refractivity contribution in [3.8, 4) is 0 Å². The predicted octanol–water partition coefficient (Wildman–Crippen LogP) is 3.41. The average molecular weight is 449 g/mol. The van der Waals surface area contributed by atoms with E-state index in [4.69, 9.17) is 4.74 Å².